The van der Waals surface area contributed by atoms with Crippen LogP contribution in [-0.4, -0.2) is 98.7 Å². The van der Waals surface area contributed by atoms with Gasteiger partial charge in [-0.05, 0) is 25.0 Å². The summed E-state index contributed by atoms with van der Waals surface area (Å²) in [6, 6.07) is 5.16. The van der Waals surface area contributed by atoms with Gasteiger partial charge < -0.3 is 24.4 Å². The van der Waals surface area contributed by atoms with Crippen LogP contribution in [0.2, 0.25) is 0 Å². The van der Waals surface area contributed by atoms with E-state index in [0.29, 0.717) is 46.8 Å². The van der Waals surface area contributed by atoms with Gasteiger partial charge in [-0.15, -0.1) is 0 Å². The molecule has 0 bridgehead atoms. The largest absolute Gasteiger partial charge is 0.494 e. The van der Waals surface area contributed by atoms with Gasteiger partial charge in [0.2, 0.25) is 0 Å². The number of hydrogen-bond donors (Lipinski definition) is 1. The van der Waals surface area contributed by atoms with E-state index in [1.807, 2.05) is 0 Å². The molecule has 4 aromatic rings. The first-order valence-electron chi connectivity index (χ1n) is 13.2. The number of ether oxygens (including phenoxy) is 1. The number of carbonyl (C=O) groups is 3. The highest BCUT2D eigenvalue weighted by atomic mass is 16.5. The molecule has 0 spiro atoms. The number of H-pyrrole nitrogens is 1. The highest BCUT2D eigenvalue weighted by molar-refractivity contribution is 6.45. The number of piperazine rings is 1. The van der Waals surface area contributed by atoms with Gasteiger partial charge in [-0.2, -0.15) is 0 Å². The van der Waals surface area contributed by atoms with E-state index in [4.69, 9.17) is 4.74 Å². The summed E-state index contributed by atoms with van der Waals surface area (Å²) in [4.78, 5) is 65.6. The normalized spacial score (nSPS) is 15.5. The number of hydrogen-bond acceptors (Lipinski definition) is 9. The molecule has 4 aromatic heterocycles. The molecule has 40 heavy (non-hydrogen) atoms. The third kappa shape index (κ3) is 4.61. The molecule has 2 aliphatic rings. The van der Waals surface area contributed by atoms with Crippen LogP contribution >= 0.6 is 0 Å². The minimum atomic E-state index is -0.665. The van der Waals surface area contributed by atoms with Gasteiger partial charge in [-0.3, -0.25) is 19.4 Å². The van der Waals surface area contributed by atoms with Gasteiger partial charge in [-0.25, -0.2) is 15.0 Å². The van der Waals surface area contributed by atoms with Gasteiger partial charge in [0.25, 0.3) is 17.6 Å². The van der Waals surface area contributed by atoms with E-state index in [9.17, 15) is 14.4 Å². The Balaban J connectivity index is 1.22. The van der Waals surface area contributed by atoms with Crippen molar-refractivity contribution in [2.24, 2.45) is 0 Å². The Hall–Kier alpha value is -4.87. The molecular formula is C28H28N8O4. The van der Waals surface area contributed by atoms with Crippen molar-refractivity contribution in [1.29, 1.82) is 0 Å². The van der Waals surface area contributed by atoms with Gasteiger partial charge in [-0.1, -0.05) is 6.07 Å². The van der Waals surface area contributed by atoms with E-state index < -0.39 is 11.7 Å². The molecule has 0 saturated carbocycles. The Bertz CT molecular complexity index is 1560. The quantitative estimate of drug-likeness (QED) is 0.288. The number of nitrogens with one attached hydrogen (secondary N) is 1. The fraction of sp³-hybridized carbons (Fsp3) is 0.321. The lowest BCUT2D eigenvalue weighted by Gasteiger charge is -2.34. The molecule has 12 heteroatoms. The summed E-state index contributed by atoms with van der Waals surface area (Å²) in [5.74, 6) is -0.316. The van der Waals surface area contributed by atoms with E-state index in [1.54, 1.807) is 41.7 Å². The maximum Gasteiger partial charge on any atom is 0.295 e. The molecule has 1 N–H and O–H groups in total. The molecule has 2 saturated heterocycles. The molecule has 0 atom stereocenters. The number of Topliss-reactive ketones (excluding diaryl/α,β-unsaturated/α-hetero) is 1. The van der Waals surface area contributed by atoms with E-state index in [1.165, 1.54) is 24.4 Å². The van der Waals surface area contributed by atoms with E-state index in [-0.39, 0.29) is 24.6 Å². The van der Waals surface area contributed by atoms with Crippen molar-refractivity contribution in [1.82, 2.24) is 34.7 Å². The molecule has 2 aliphatic heterocycles. The van der Waals surface area contributed by atoms with E-state index in [0.717, 1.165) is 31.7 Å². The minimum Gasteiger partial charge on any atom is -0.494 e. The van der Waals surface area contributed by atoms with Gasteiger partial charge in [0.05, 0.1) is 42.2 Å². The summed E-state index contributed by atoms with van der Waals surface area (Å²) in [6.07, 6.45) is 10.3. The zero-order valence-electron chi connectivity index (χ0n) is 22.0. The smallest absolute Gasteiger partial charge is 0.295 e. The highest BCUT2D eigenvalue weighted by Crippen LogP contribution is 2.34. The van der Waals surface area contributed by atoms with Gasteiger partial charge in [0.1, 0.15) is 28.6 Å². The number of methoxy groups -OCH3 is 1. The van der Waals surface area contributed by atoms with Crippen LogP contribution in [0.5, 0.6) is 5.75 Å². The second-order valence-corrected chi connectivity index (χ2v) is 9.71. The molecule has 0 unspecified atom stereocenters. The Labute approximate surface area is 230 Å². The van der Waals surface area contributed by atoms with Gasteiger partial charge >= 0.3 is 0 Å². The van der Waals surface area contributed by atoms with Crippen molar-refractivity contribution < 1.29 is 19.1 Å². The molecule has 0 aliphatic carbocycles. The number of anilines is 1. The fourth-order valence-electron chi connectivity index (χ4n) is 5.22. The second-order valence-electron chi connectivity index (χ2n) is 9.71. The summed E-state index contributed by atoms with van der Waals surface area (Å²) in [6.45, 7) is 3.04. The predicted octanol–water partition coefficient (Wildman–Crippen LogP) is 2.19. The van der Waals surface area contributed by atoms with Crippen LogP contribution in [0.1, 0.15) is 33.7 Å². The van der Waals surface area contributed by atoms with Crippen LogP contribution in [0.15, 0.2) is 49.2 Å². The number of aromatic nitrogens is 5. The van der Waals surface area contributed by atoms with Crippen LogP contribution in [0.3, 0.4) is 0 Å². The predicted molar refractivity (Wildman–Crippen MR) is 146 cm³/mol. The lowest BCUT2D eigenvalue weighted by atomic mass is 10.1. The lowest BCUT2D eigenvalue weighted by Crippen LogP contribution is -2.52. The number of amides is 2. The Morgan fingerprint density at radius 1 is 0.875 bits per heavy atom. The Morgan fingerprint density at radius 3 is 2.33 bits per heavy atom. The van der Waals surface area contributed by atoms with E-state index in [2.05, 4.69) is 29.8 Å². The summed E-state index contributed by atoms with van der Waals surface area (Å²) in [7, 11) is 1.49. The van der Waals surface area contributed by atoms with E-state index >= 15 is 0 Å². The lowest BCUT2D eigenvalue weighted by molar-refractivity contribution is -0.127. The summed E-state index contributed by atoms with van der Waals surface area (Å²) < 4.78 is 5.51. The number of rotatable bonds is 6. The van der Waals surface area contributed by atoms with Crippen molar-refractivity contribution in [2.45, 2.75) is 12.8 Å². The number of pyridine rings is 2. The number of fused-ring (bicyclic) bond motifs is 1. The maximum atomic E-state index is 13.5. The minimum absolute atomic E-state index is 0.189. The van der Waals surface area contributed by atoms with Crippen molar-refractivity contribution in [3.63, 3.8) is 0 Å². The first kappa shape index (κ1) is 25.4. The van der Waals surface area contributed by atoms with Crippen LogP contribution in [0.4, 0.5) is 5.82 Å². The topological polar surface area (TPSA) is 138 Å². The number of nitrogens with zero attached hydrogens (tertiary/aromatic N) is 7. The van der Waals surface area contributed by atoms with Crippen LogP contribution < -0.4 is 9.64 Å². The standard InChI is InChI=1S/C28H28N8O4/c1-40-21-16-33-24(20-15-31-22(17-30-20)34-8-4-5-9-34)25-23(21)18(14-32-25)26(37)28(39)36-12-10-35(11-13-36)27(38)19-6-2-3-7-29-19/h2-3,6-7,14-17,32H,4-5,8-13H2,1H3. The average Bonchev–Trinajstić information content (AvgIpc) is 3.72. The zero-order valence-corrected chi connectivity index (χ0v) is 22.0. The van der Waals surface area contributed by atoms with Crippen molar-refractivity contribution >= 4 is 34.3 Å². The first-order valence-corrected chi connectivity index (χ1v) is 13.2. The number of aromatic amines is 1. The van der Waals surface area contributed by atoms with Gasteiger partial charge in [0.15, 0.2) is 0 Å². The number of ketones is 1. The summed E-state index contributed by atoms with van der Waals surface area (Å²) in [5, 5.41) is 0.459. The van der Waals surface area contributed by atoms with Crippen molar-refractivity contribution in [3.05, 3.63) is 60.4 Å². The molecule has 6 heterocycles. The molecule has 6 rings (SSSR count). The molecule has 0 aromatic carbocycles. The Kier molecular flexibility index (Phi) is 6.81. The van der Waals surface area contributed by atoms with Gasteiger partial charge in [0, 0.05) is 51.7 Å². The second kappa shape index (κ2) is 10.7. The molecule has 2 amide bonds. The average molecular weight is 541 g/mol. The third-order valence-corrected chi connectivity index (χ3v) is 7.38. The van der Waals surface area contributed by atoms with Crippen molar-refractivity contribution in [3.8, 4) is 17.1 Å². The highest BCUT2D eigenvalue weighted by Gasteiger charge is 2.31. The molecule has 2 fully saturated rings. The summed E-state index contributed by atoms with van der Waals surface area (Å²) in [5.41, 5.74) is 2.11. The van der Waals surface area contributed by atoms with Crippen LogP contribution in [0, 0.1) is 0 Å². The summed E-state index contributed by atoms with van der Waals surface area (Å²) >= 11 is 0. The van der Waals surface area contributed by atoms with Crippen LogP contribution in [0.25, 0.3) is 22.3 Å². The van der Waals surface area contributed by atoms with Crippen LogP contribution in [-0.2, 0) is 4.79 Å². The first-order chi connectivity index (χ1) is 19.5. The fourth-order valence-corrected chi connectivity index (χ4v) is 5.22. The molecular weight excluding hydrogens is 512 g/mol. The van der Waals surface area contributed by atoms with Crippen molar-refractivity contribution in [2.75, 3.05) is 51.3 Å². The maximum absolute atomic E-state index is 13.5. The Morgan fingerprint density at radius 2 is 1.65 bits per heavy atom. The SMILES string of the molecule is COc1cnc(-c2cnc(N3CCCC3)cn2)c2[nH]cc(C(=O)C(=O)N3CCN(C(=O)c4ccccn4)CC3)c12. The number of carbonyl (C=O) groups excluding carboxylic acids is 3. The zero-order chi connectivity index (χ0) is 27.6. The monoisotopic (exact) mass is 540 g/mol. The molecule has 204 valence electrons. The molecule has 0 radical (unpaired) electrons. The third-order valence-electron chi connectivity index (χ3n) is 7.38. The molecule has 12 nitrogen and oxygen atoms in total.